The third kappa shape index (κ3) is 4.66. The summed E-state index contributed by atoms with van der Waals surface area (Å²) in [6, 6.07) is 7.59. The molecule has 4 saturated carbocycles. The van der Waals surface area contributed by atoms with Gasteiger partial charge in [-0.15, -0.1) is 0 Å². The lowest BCUT2D eigenvalue weighted by Crippen LogP contribution is -2.53. The summed E-state index contributed by atoms with van der Waals surface area (Å²) in [6.45, 7) is 5.05. The molecule has 4 fully saturated rings. The number of hydrogen-bond donors (Lipinski definition) is 3. The minimum absolute atomic E-state index is 0.0487. The molecule has 0 radical (unpaired) electrons. The molecular formula is C24H35N3O2. The van der Waals surface area contributed by atoms with Crippen LogP contribution < -0.4 is 16.0 Å². The first kappa shape index (κ1) is 20.4. The van der Waals surface area contributed by atoms with E-state index in [2.05, 4.69) is 22.9 Å². The average Bonchev–Trinajstić information content (AvgIpc) is 2.71. The first-order valence-electron chi connectivity index (χ1n) is 11.4. The van der Waals surface area contributed by atoms with Gasteiger partial charge < -0.3 is 16.0 Å². The lowest BCUT2D eigenvalue weighted by molar-refractivity contribution is -0.146. The topological polar surface area (TPSA) is 70.2 Å². The van der Waals surface area contributed by atoms with Gasteiger partial charge in [-0.3, -0.25) is 9.59 Å². The number of carbonyl (C=O) groups is 2. The lowest BCUT2D eigenvalue weighted by Gasteiger charge is -2.55. The molecule has 2 amide bonds. The highest BCUT2D eigenvalue weighted by molar-refractivity contribution is 5.94. The van der Waals surface area contributed by atoms with Crippen molar-refractivity contribution in [3.05, 3.63) is 35.4 Å². The number of carbonyl (C=O) groups excluding carboxylic acids is 2. The molecule has 0 saturated heterocycles. The van der Waals surface area contributed by atoms with Gasteiger partial charge in [0, 0.05) is 30.6 Å². The van der Waals surface area contributed by atoms with Crippen molar-refractivity contribution in [1.29, 1.82) is 0 Å². The largest absolute Gasteiger partial charge is 0.352 e. The minimum Gasteiger partial charge on any atom is -0.352 e. The fourth-order valence-corrected chi connectivity index (χ4v) is 6.20. The summed E-state index contributed by atoms with van der Waals surface area (Å²) in [5.74, 6) is 2.55. The van der Waals surface area contributed by atoms with Crippen LogP contribution in [0.4, 0.5) is 0 Å². The summed E-state index contributed by atoms with van der Waals surface area (Å²) in [6.07, 6.45) is 8.43. The van der Waals surface area contributed by atoms with Gasteiger partial charge >= 0.3 is 0 Å². The molecule has 0 atom stereocenters. The van der Waals surface area contributed by atoms with E-state index in [9.17, 15) is 9.59 Å². The van der Waals surface area contributed by atoms with Crippen molar-refractivity contribution in [3.63, 3.8) is 0 Å². The van der Waals surface area contributed by atoms with E-state index >= 15 is 0 Å². The molecule has 158 valence electrons. The van der Waals surface area contributed by atoms with Gasteiger partial charge in [0.05, 0.1) is 0 Å². The van der Waals surface area contributed by atoms with Crippen molar-refractivity contribution in [1.82, 2.24) is 16.0 Å². The smallest absolute Gasteiger partial charge is 0.251 e. The van der Waals surface area contributed by atoms with Crippen LogP contribution in [-0.2, 0) is 11.3 Å². The van der Waals surface area contributed by atoms with Crippen molar-refractivity contribution < 1.29 is 9.59 Å². The lowest BCUT2D eigenvalue weighted by atomic mass is 9.49. The van der Waals surface area contributed by atoms with Crippen LogP contribution in [0, 0.1) is 23.2 Å². The zero-order valence-corrected chi connectivity index (χ0v) is 17.6. The Bertz CT molecular complexity index is 693. The summed E-state index contributed by atoms with van der Waals surface area (Å²) < 4.78 is 0. The molecule has 1 aromatic carbocycles. The van der Waals surface area contributed by atoms with Gasteiger partial charge in [-0.2, -0.15) is 0 Å². The molecule has 29 heavy (non-hydrogen) atoms. The van der Waals surface area contributed by atoms with Gasteiger partial charge in [-0.05, 0) is 86.9 Å². The first-order chi connectivity index (χ1) is 14.1. The Balaban J connectivity index is 1.25. The second kappa shape index (κ2) is 8.86. The van der Waals surface area contributed by atoms with Crippen molar-refractivity contribution in [2.45, 2.75) is 58.4 Å². The molecule has 3 N–H and O–H groups in total. The van der Waals surface area contributed by atoms with E-state index in [-0.39, 0.29) is 17.2 Å². The maximum Gasteiger partial charge on any atom is 0.251 e. The Morgan fingerprint density at radius 3 is 2.10 bits per heavy atom. The molecule has 5 rings (SSSR count). The second-order valence-corrected chi connectivity index (χ2v) is 9.58. The highest BCUT2D eigenvalue weighted by Crippen LogP contribution is 2.60. The molecule has 1 aromatic rings. The predicted octanol–water partition coefficient (Wildman–Crippen LogP) is 3.25. The van der Waals surface area contributed by atoms with Crippen LogP contribution in [-0.4, -0.2) is 31.4 Å². The minimum atomic E-state index is -0.0968. The summed E-state index contributed by atoms with van der Waals surface area (Å²) >= 11 is 0. The molecular weight excluding hydrogens is 362 g/mol. The van der Waals surface area contributed by atoms with Crippen molar-refractivity contribution in [2.75, 3.05) is 19.6 Å². The quantitative estimate of drug-likeness (QED) is 0.560. The van der Waals surface area contributed by atoms with Gasteiger partial charge in [0.15, 0.2) is 0 Å². The standard InChI is InChI=1S/C24H35N3O2/c1-2-7-25-8-9-26-22(28)21-5-3-17(4-6-21)16-27-23(29)24-13-18-10-19(14-24)12-20(11-18)15-24/h3-6,18-20,25H,2,7-16H2,1H3,(H,26,28)(H,27,29). The van der Waals surface area contributed by atoms with Crippen molar-refractivity contribution in [3.8, 4) is 0 Å². The van der Waals surface area contributed by atoms with E-state index < -0.39 is 0 Å². The molecule has 4 aliphatic rings. The van der Waals surface area contributed by atoms with Crippen LogP contribution in [0.15, 0.2) is 24.3 Å². The molecule has 0 aliphatic heterocycles. The summed E-state index contributed by atoms with van der Waals surface area (Å²) in [4.78, 5) is 25.3. The Kier molecular flexibility index (Phi) is 6.23. The van der Waals surface area contributed by atoms with Crippen molar-refractivity contribution >= 4 is 11.8 Å². The summed E-state index contributed by atoms with van der Waals surface area (Å²) in [5, 5.41) is 9.41. The number of amides is 2. The molecule has 5 nitrogen and oxygen atoms in total. The number of hydrogen-bond acceptors (Lipinski definition) is 3. The Labute approximate surface area is 174 Å². The first-order valence-corrected chi connectivity index (χ1v) is 11.4. The number of rotatable bonds is 9. The van der Waals surface area contributed by atoms with E-state index in [1.807, 2.05) is 24.3 Å². The predicted molar refractivity (Wildman–Crippen MR) is 114 cm³/mol. The Morgan fingerprint density at radius 2 is 1.52 bits per heavy atom. The van der Waals surface area contributed by atoms with E-state index in [1.54, 1.807) is 0 Å². The number of benzene rings is 1. The maximum atomic E-state index is 13.1. The van der Waals surface area contributed by atoms with Gasteiger partial charge in [0.25, 0.3) is 5.91 Å². The van der Waals surface area contributed by atoms with Crippen LogP contribution in [0.25, 0.3) is 0 Å². The molecule has 0 heterocycles. The van der Waals surface area contributed by atoms with Crippen LogP contribution in [0.5, 0.6) is 0 Å². The molecule has 5 heteroatoms. The van der Waals surface area contributed by atoms with Gasteiger partial charge in [0.1, 0.15) is 0 Å². The Morgan fingerprint density at radius 1 is 0.897 bits per heavy atom. The average molecular weight is 398 g/mol. The monoisotopic (exact) mass is 397 g/mol. The van der Waals surface area contributed by atoms with E-state index in [0.717, 1.165) is 62.1 Å². The Hall–Kier alpha value is -1.88. The summed E-state index contributed by atoms with van der Waals surface area (Å²) in [5.41, 5.74) is 1.61. The normalized spacial score (nSPS) is 29.6. The van der Waals surface area contributed by atoms with Gasteiger partial charge in [-0.1, -0.05) is 19.1 Å². The van der Waals surface area contributed by atoms with Crippen LogP contribution >= 0.6 is 0 Å². The van der Waals surface area contributed by atoms with E-state index in [4.69, 9.17) is 0 Å². The molecule has 0 spiro atoms. The third-order valence-corrected chi connectivity index (χ3v) is 7.20. The summed E-state index contributed by atoms with van der Waals surface area (Å²) in [7, 11) is 0. The number of nitrogens with one attached hydrogen (secondary N) is 3. The second-order valence-electron chi connectivity index (χ2n) is 9.58. The van der Waals surface area contributed by atoms with Gasteiger partial charge in [-0.25, -0.2) is 0 Å². The highest BCUT2D eigenvalue weighted by Gasteiger charge is 2.54. The fraction of sp³-hybridized carbons (Fsp3) is 0.667. The van der Waals surface area contributed by atoms with Crippen LogP contribution in [0.3, 0.4) is 0 Å². The van der Waals surface area contributed by atoms with Crippen LogP contribution in [0.2, 0.25) is 0 Å². The SMILES string of the molecule is CCCNCCNC(=O)c1ccc(CNC(=O)C23CC4CC(CC(C4)C2)C3)cc1. The zero-order chi connectivity index (χ0) is 20.3. The fourth-order valence-electron chi connectivity index (χ4n) is 6.20. The zero-order valence-electron chi connectivity index (χ0n) is 17.6. The molecule has 0 aromatic heterocycles. The molecule has 4 aliphatic carbocycles. The van der Waals surface area contributed by atoms with Crippen LogP contribution in [0.1, 0.15) is 67.8 Å². The highest BCUT2D eigenvalue weighted by atomic mass is 16.2. The molecule has 4 bridgehead atoms. The van der Waals surface area contributed by atoms with E-state index in [1.165, 1.54) is 19.3 Å². The maximum absolute atomic E-state index is 13.1. The van der Waals surface area contributed by atoms with E-state index in [0.29, 0.717) is 18.7 Å². The third-order valence-electron chi connectivity index (χ3n) is 7.20. The van der Waals surface area contributed by atoms with Crippen molar-refractivity contribution in [2.24, 2.45) is 23.2 Å². The molecule has 0 unspecified atom stereocenters. The van der Waals surface area contributed by atoms with Gasteiger partial charge in [0.2, 0.25) is 5.91 Å².